The SMILES string of the molecule is CCc1cc(C#N)c(NC(=O)c2ccc(Cn3nc(C)cc3C)cc2)s1. The van der Waals surface area contributed by atoms with Gasteiger partial charge in [0.2, 0.25) is 0 Å². The number of rotatable bonds is 5. The molecule has 0 bridgehead atoms. The molecule has 0 aliphatic carbocycles. The van der Waals surface area contributed by atoms with Gasteiger partial charge in [-0.2, -0.15) is 10.4 Å². The van der Waals surface area contributed by atoms with E-state index in [-0.39, 0.29) is 5.91 Å². The Labute approximate surface area is 156 Å². The van der Waals surface area contributed by atoms with Gasteiger partial charge in [0.15, 0.2) is 0 Å². The van der Waals surface area contributed by atoms with Crippen LogP contribution >= 0.6 is 11.3 Å². The molecule has 26 heavy (non-hydrogen) atoms. The van der Waals surface area contributed by atoms with Crippen molar-refractivity contribution in [2.75, 3.05) is 5.32 Å². The maximum Gasteiger partial charge on any atom is 0.256 e. The molecule has 132 valence electrons. The van der Waals surface area contributed by atoms with Crippen molar-refractivity contribution >= 4 is 22.2 Å². The zero-order valence-electron chi connectivity index (χ0n) is 15.0. The number of nitrogens with zero attached hydrogens (tertiary/aromatic N) is 3. The van der Waals surface area contributed by atoms with E-state index in [1.165, 1.54) is 11.3 Å². The molecule has 1 aromatic carbocycles. The molecule has 3 rings (SSSR count). The van der Waals surface area contributed by atoms with Crippen molar-refractivity contribution in [3.63, 3.8) is 0 Å². The normalized spacial score (nSPS) is 10.5. The molecule has 6 heteroatoms. The number of anilines is 1. The third-order valence-corrected chi connectivity index (χ3v) is 5.33. The summed E-state index contributed by atoms with van der Waals surface area (Å²) in [6.07, 6.45) is 0.843. The second-order valence-electron chi connectivity index (χ2n) is 6.16. The molecule has 0 atom stereocenters. The van der Waals surface area contributed by atoms with E-state index in [1.807, 2.05) is 49.7 Å². The number of aryl methyl sites for hydroxylation is 3. The molecule has 2 heterocycles. The van der Waals surface area contributed by atoms with E-state index >= 15 is 0 Å². The molecule has 0 spiro atoms. The van der Waals surface area contributed by atoms with E-state index in [4.69, 9.17) is 0 Å². The fourth-order valence-electron chi connectivity index (χ4n) is 2.74. The van der Waals surface area contributed by atoms with Crippen LogP contribution in [0.2, 0.25) is 0 Å². The number of thiophene rings is 1. The third-order valence-electron chi connectivity index (χ3n) is 4.13. The summed E-state index contributed by atoms with van der Waals surface area (Å²) in [5, 5.41) is 17.1. The zero-order chi connectivity index (χ0) is 18.7. The highest BCUT2D eigenvalue weighted by Crippen LogP contribution is 2.28. The first kappa shape index (κ1) is 17.9. The van der Waals surface area contributed by atoms with Crippen LogP contribution in [0.5, 0.6) is 0 Å². The van der Waals surface area contributed by atoms with Crippen molar-refractivity contribution in [2.45, 2.75) is 33.7 Å². The molecule has 3 aromatic rings. The molecule has 5 nitrogen and oxygen atoms in total. The fourth-order valence-corrected chi connectivity index (χ4v) is 3.68. The van der Waals surface area contributed by atoms with Crippen molar-refractivity contribution in [1.29, 1.82) is 5.26 Å². The van der Waals surface area contributed by atoms with E-state index in [1.54, 1.807) is 12.1 Å². The third kappa shape index (κ3) is 3.84. The summed E-state index contributed by atoms with van der Waals surface area (Å²) >= 11 is 1.45. The minimum Gasteiger partial charge on any atom is -0.312 e. The molecular formula is C20H20N4OS. The van der Waals surface area contributed by atoms with Crippen LogP contribution in [0.25, 0.3) is 0 Å². The van der Waals surface area contributed by atoms with Crippen LogP contribution in [0.4, 0.5) is 5.00 Å². The molecule has 1 N–H and O–H groups in total. The molecule has 0 fully saturated rings. The predicted molar refractivity (Wildman–Crippen MR) is 104 cm³/mol. The van der Waals surface area contributed by atoms with Gasteiger partial charge < -0.3 is 5.32 Å². The molecule has 0 aliphatic heterocycles. The Balaban J connectivity index is 1.72. The number of hydrogen-bond acceptors (Lipinski definition) is 4. The van der Waals surface area contributed by atoms with Gasteiger partial charge in [0, 0.05) is 16.1 Å². The average molecular weight is 364 g/mol. The lowest BCUT2D eigenvalue weighted by Gasteiger charge is -2.07. The maximum absolute atomic E-state index is 12.5. The zero-order valence-corrected chi connectivity index (χ0v) is 15.9. The number of nitrogens with one attached hydrogen (secondary N) is 1. The van der Waals surface area contributed by atoms with Crippen molar-refractivity contribution in [2.24, 2.45) is 0 Å². The number of hydrogen-bond donors (Lipinski definition) is 1. The summed E-state index contributed by atoms with van der Waals surface area (Å²) in [5.74, 6) is -0.205. The summed E-state index contributed by atoms with van der Waals surface area (Å²) in [5.41, 5.74) is 4.26. The molecule has 0 saturated heterocycles. The highest BCUT2D eigenvalue weighted by molar-refractivity contribution is 7.16. The van der Waals surface area contributed by atoms with Gasteiger partial charge in [0.05, 0.1) is 17.8 Å². The number of carbonyl (C=O) groups excluding carboxylic acids is 1. The van der Waals surface area contributed by atoms with Crippen LogP contribution in [0.1, 0.15) is 44.7 Å². The average Bonchev–Trinajstić information content (AvgIpc) is 3.17. The Hall–Kier alpha value is -2.91. The van der Waals surface area contributed by atoms with Crippen LogP contribution in [-0.4, -0.2) is 15.7 Å². The van der Waals surface area contributed by atoms with E-state index in [9.17, 15) is 10.1 Å². The van der Waals surface area contributed by atoms with E-state index in [0.29, 0.717) is 22.7 Å². The molecule has 1 amide bonds. The molecule has 0 unspecified atom stereocenters. The predicted octanol–water partition coefficient (Wildman–Crippen LogP) is 4.30. The van der Waals surface area contributed by atoms with E-state index in [2.05, 4.69) is 16.5 Å². The Morgan fingerprint density at radius 2 is 2.00 bits per heavy atom. The lowest BCUT2D eigenvalue weighted by atomic mass is 10.1. The van der Waals surface area contributed by atoms with Crippen LogP contribution in [0.15, 0.2) is 36.4 Å². The van der Waals surface area contributed by atoms with Crippen molar-refractivity contribution in [1.82, 2.24) is 9.78 Å². The summed E-state index contributed by atoms with van der Waals surface area (Å²) in [4.78, 5) is 13.6. The molecule has 0 aliphatic rings. The number of nitriles is 1. The summed E-state index contributed by atoms with van der Waals surface area (Å²) in [6.45, 7) is 6.70. The van der Waals surface area contributed by atoms with E-state index < -0.39 is 0 Å². The fraction of sp³-hybridized carbons (Fsp3) is 0.250. The largest absolute Gasteiger partial charge is 0.312 e. The summed E-state index contributed by atoms with van der Waals surface area (Å²) in [6, 6.07) is 13.5. The second kappa shape index (κ2) is 7.54. The maximum atomic E-state index is 12.5. The van der Waals surface area contributed by atoms with Crippen LogP contribution in [0.3, 0.4) is 0 Å². The Morgan fingerprint density at radius 1 is 1.27 bits per heavy atom. The van der Waals surface area contributed by atoms with Crippen molar-refractivity contribution in [3.8, 4) is 6.07 Å². The Kier molecular flexibility index (Phi) is 5.19. The van der Waals surface area contributed by atoms with Crippen molar-refractivity contribution in [3.05, 3.63) is 69.4 Å². The van der Waals surface area contributed by atoms with Gasteiger partial charge in [-0.25, -0.2) is 0 Å². The van der Waals surface area contributed by atoms with Gasteiger partial charge in [-0.05, 0) is 50.1 Å². The molecule has 0 saturated carbocycles. The first-order valence-electron chi connectivity index (χ1n) is 8.44. The lowest BCUT2D eigenvalue weighted by Crippen LogP contribution is -2.12. The number of carbonyl (C=O) groups is 1. The standard InChI is InChI=1S/C20H20N4OS/c1-4-18-10-17(11-21)20(26-18)22-19(25)16-7-5-15(6-8-16)12-24-14(3)9-13(2)23-24/h5-10H,4,12H2,1-3H3,(H,22,25). The minimum atomic E-state index is -0.205. The van der Waals surface area contributed by atoms with Gasteiger partial charge in [0.1, 0.15) is 11.1 Å². The highest BCUT2D eigenvalue weighted by atomic mass is 32.1. The molecule has 2 aromatic heterocycles. The van der Waals surface area contributed by atoms with Gasteiger partial charge in [0.25, 0.3) is 5.91 Å². The second-order valence-corrected chi connectivity index (χ2v) is 7.29. The quantitative estimate of drug-likeness (QED) is 0.734. The topological polar surface area (TPSA) is 70.7 Å². The van der Waals surface area contributed by atoms with Crippen LogP contribution in [-0.2, 0) is 13.0 Å². The van der Waals surface area contributed by atoms with Gasteiger partial charge in [-0.3, -0.25) is 9.48 Å². The molecular weight excluding hydrogens is 344 g/mol. The Morgan fingerprint density at radius 3 is 2.58 bits per heavy atom. The first-order chi connectivity index (χ1) is 12.5. The number of aromatic nitrogens is 2. The van der Waals surface area contributed by atoms with Crippen molar-refractivity contribution < 1.29 is 4.79 Å². The Bertz CT molecular complexity index is 976. The first-order valence-corrected chi connectivity index (χ1v) is 9.26. The molecule has 0 radical (unpaired) electrons. The lowest BCUT2D eigenvalue weighted by molar-refractivity contribution is 0.102. The summed E-state index contributed by atoms with van der Waals surface area (Å²) < 4.78 is 1.95. The highest BCUT2D eigenvalue weighted by Gasteiger charge is 2.13. The van der Waals surface area contributed by atoms with Gasteiger partial charge >= 0.3 is 0 Å². The van der Waals surface area contributed by atoms with Crippen LogP contribution < -0.4 is 5.32 Å². The van der Waals surface area contributed by atoms with Gasteiger partial charge in [-0.15, -0.1) is 11.3 Å². The minimum absolute atomic E-state index is 0.205. The monoisotopic (exact) mass is 364 g/mol. The smallest absolute Gasteiger partial charge is 0.256 e. The number of benzene rings is 1. The van der Waals surface area contributed by atoms with Crippen LogP contribution in [0, 0.1) is 25.2 Å². The summed E-state index contributed by atoms with van der Waals surface area (Å²) in [7, 11) is 0. The van der Waals surface area contributed by atoms with Gasteiger partial charge in [-0.1, -0.05) is 19.1 Å². The number of amides is 1. The van der Waals surface area contributed by atoms with E-state index in [0.717, 1.165) is 28.2 Å².